The third-order valence-corrected chi connectivity index (χ3v) is 4.31. The Kier molecular flexibility index (Phi) is 4.91. The van der Waals surface area contributed by atoms with E-state index in [1.54, 1.807) is 14.2 Å². The highest BCUT2D eigenvalue weighted by atomic mass is 79.9. The van der Waals surface area contributed by atoms with Crippen LogP contribution in [0.3, 0.4) is 0 Å². The van der Waals surface area contributed by atoms with Gasteiger partial charge in [-0.3, -0.25) is 0 Å². The highest BCUT2D eigenvalue weighted by Gasteiger charge is 2.19. The van der Waals surface area contributed by atoms with Crippen LogP contribution in [0.15, 0.2) is 40.9 Å². The smallest absolute Gasteiger partial charge is 0.127 e. The van der Waals surface area contributed by atoms with Gasteiger partial charge in [0.05, 0.1) is 30.8 Å². The summed E-state index contributed by atoms with van der Waals surface area (Å²) in [6.07, 6.45) is 0. The van der Waals surface area contributed by atoms with Crippen molar-refractivity contribution < 1.29 is 9.47 Å². The summed E-state index contributed by atoms with van der Waals surface area (Å²) >= 11 is 9.50. The Hall–Kier alpha value is -1.23. The molecule has 1 atom stereocenters. The maximum atomic E-state index is 6.35. The minimum absolute atomic E-state index is 0.383. The fourth-order valence-electron chi connectivity index (χ4n) is 2.06. The number of halogens is 2. The molecule has 0 amide bonds. The minimum atomic E-state index is -0.383. The lowest BCUT2D eigenvalue weighted by atomic mass is 9.98. The van der Waals surface area contributed by atoms with E-state index in [1.165, 1.54) is 0 Å². The lowest BCUT2D eigenvalue weighted by molar-refractivity contribution is 0.382. The number of hydrogen-bond donors (Lipinski definition) is 1. The molecule has 2 aromatic rings. The van der Waals surface area contributed by atoms with Gasteiger partial charge in [-0.2, -0.15) is 0 Å². The normalized spacial score (nSPS) is 12.1. The monoisotopic (exact) mass is 355 g/mol. The van der Waals surface area contributed by atoms with Crippen molar-refractivity contribution in [1.82, 2.24) is 0 Å². The van der Waals surface area contributed by atoms with Gasteiger partial charge in [0, 0.05) is 4.47 Å². The molecule has 1 unspecified atom stereocenters. The fraction of sp³-hybridized carbons (Fsp3) is 0.200. The average molecular weight is 357 g/mol. The van der Waals surface area contributed by atoms with Gasteiger partial charge >= 0.3 is 0 Å². The Labute approximate surface area is 131 Å². The lowest BCUT2D eigenvalue weighted by Crippen LogP contribution is -2.14. The van der Waals surface area contributed by atoms with Gasteiger partial charge in [-0.15, -0.1) is 0 Å². The largest absolute Gasteiger partial charge is 0.496 e. The van der Waals surface area contributed by atoms with E-state index in [1.807, 2.05) is 36.4 Å². The summed E-state index contributed by atoms with van der Waals surface area (Å²) in [5.74, 6) is 1.38. The molecular weight excluding hydrogens is 342 g/mol. The first-order valence-electron chi connectivity index (χ1n) is 6.00. The molecule has 0 heterocycles. The molecule has 0 aromatic heterocycles. The number of rotatable bonds is 4. The number of hydrogen-bond acceptors (Lipinski definition) is 3. The lowest BCUT2D eigenvalue weighted by Gasteiger charge is -2.19. The zero-order valence-electron chi connectivity index (χ0n) is 11.2. The van der Waals surface area contributed by atoms with E-state index >= 15 is 0 Å². The maximum absolute atomic E-state index is 6.35. The highest BCUT2D eigenvalue weighted by molar-refractivity contribution is 9.10. The van der Waals surface area contributed by atoms with Crippen LogP contribution < -0.4 is 15.2 Å². The zero-order chi connectivity index (χ0) is 14.7. The summed E-state index contributed by atoms with van der Waals surface area (Å²) in [5, 5.41) is 0.617. The average Bonchev–Trinajstić information content (AvgIpc) is 2.48. The summed E-state index contributed by atoms with van der Waals surface area (Å²) in [6.45, 7) is 0. The fourth-order valence-corrected chi connectivity index (χ4v) is 2.49. The van der Waals surface area contributed by atoms with E-state index in [0.29, 0.717) is 16.5 Å². The Morgan fingerprint density at radius 1 is 1.10 bits per heavy atom. The van der Waals surface area contributed by atoms with E-state index in [2.05, 4.69) is 15.9 Å². The van der Waals surface area contributed by atoms with Crippen molar-refractivity contribution in [2.45, 2.75) is 6.04 Å². The first-order valence-corrected chi connectivity index (χ1v) is 7.17. The predicted molar refractivity (Wildman–Crippen MR) is 84.7 cm³/mol. The molecule has 2 rings (SSSR count). The van der Waals surface area contributed by atoms with Crippen LogP contribution in [0, 0.1) is 0 Å². The Balaban J connectivity index is 2.51. The molecule has 0 saturated heterocycles. The Bertz CT molecular complexity index is 597. The third-order valence-electron chi connectivity index (χ3n) is 3.08. The van der Waals surface area contributed by atoms with Crippen molar-refractivity contribution >= 4 is 27.5 Å². The van der Waals surface area contributed by atoms with E-state index in [9.17, 15) is 0 Å². The molecule has 3 nitrogen and oxygen atoms in total. The van der Waals surface area contributed by atoms with Crippen LogP contribution in [0.1, 0.15) is 17.2 Å². The summed E-state index contributed by atoms with van der Waals surface area (Å²) in [7, 11) is 3.22. The molecule has 0 spiro atoms. The molecular formula is C15H15BrClNO2. The molecule has 0 bridgehead atoms. The van der Waals surface area contributed by atoms with Crippen molar-refractivity contribution in [3.8, 4) is 11.5 Å². The predicted octanol–water partition coefficient (Wildman–Crippen LogP) is 4.17. The first-order chi connectivity index (χ1) is 9.58. The second-order valence-electron chi connectivity index (χ2n) is 4.23. The van der Waals surface area contributed by atoms with Gasteiger partial charge in [-0.25, -0.2) is 0 Å². The summed E-state index contributed by atoms with van der Waals surface area (Å²) in [5.41, 5.74) is 8.05. The van der Waals surface area contributed by atoms with E-state index in [4.69, 9.17) is 26.8 Å². The molecule has 5 heteroatoms. The van der Waals surface area contributed by atoms with Gasteiger partial charge in [-0.1, -0.05) is 23.7 Å². The van der Waals surface area contributed by atoms with Gasteiger partial charge < -0.3 is 15.2 Å². The first kappa shape index (κ1) is 15.2. The number of nitrogens with two attached hydrogens (primary N) is 1. The molecule has 106 valence electrons. The second-order valence-corrected chi connectivity index (χ2v) is 5.49. The molecule has 0 fully saturated rings. The van der Waals surface area contributed by atoms with Crippen molar-refractivity contribution in [3.05, 3.63) is 57.0 Å². The van der Waals surface area contributed by atoms with Gasteiger partial charge in [0.15, 0.2) is 0 Å². The number of ether oxygens (including phenoxy) is 2. The van der Waals surface area contributed by atoms with Crippen LogP contribution in [-0.4, -0.2) is 14.2 Å². The molecule has 0 aliphatic rings. The summed E-state index contributed by atoms with van der Waals surface area (Å²) < 4.78 is 11.6. The summed E-state index contributed by atoms with van der Waals surface area (Å²) in [6, 6.07) is 10.8. The third kappa shape index (κ3) is 2.92. The van der Waals surface area contributed by atoms with Crippen LogP contribution in [0.4, 0.5) is 0 Å². The van der Waals surface area contributed by atoms with Crippen molar-refractivity contribution in [1.29, 1.82) is 0 Å². The Morgan fingerprint density at radius 2 is 1.70 bits per heavy atom. The van der Waals surface area contributed by atoms with Crippen LogP contribution in [0.25, 0.3) is 0 Å². The van der Waals surface area contributed by atoms with Crippen molar-refractivity contribution in [2.75, 3.05) is 14.2 Å². The van der Waals surface area contributed by atoms with E-state index in [0.717, 1.165) is 15.6 Å². The zero-order valence-corrected chi connectivity index (χ0v) is 13.5. The van der Waals surface area contributed by atoms with Crippen LogP contribution >= 0.6 is 27.5 Å². The van der Waals surface area contributed by atoms with Crippen LogP contribution in [0.2, 0.25) is 5.02 Å². The highest BCUT2D eigenvalue weighted by Crippen LogP contribution is 2.37. The number of benzene rings is 2. The molecule has 20 heavy (non-hydrogen) atoms. The Morgan fingerprint density at radius 3 is 2.20 bits per heavy atom. The van der Waals surface area contributed by atoms with Crippen molar-refractivity contribution in [2.24, 2.45) is 5.73 Å². The van der Waals surface area contributed by atoms with Crippen LogP contribution in [0.5, 0.6) is 11.5 Å². The molecule has 0 aliphatic carbocycles. The quantitative estimate of drug-likeness (QED) is 0.894. The van der Waals surface area contributed by atoms with E-state index in [-0.39, 0.29) is 6.04 Å². The van der Waals surface area contributed by atoms with Crippen molar-refractivity contribution in [3.63, 3.8) is 0 Å². The van der Waals surface area contributed by atoms with Gasteiger partial charge in [0.25, 0.3) is 0 Å². The minimum Gasteiger partial charge on any atom is -0.496 e. The molecule has 2 aromatic carbocycles. The van der Waals surface area contributed by atoms with Crippen LogP contribution in [-0.2, 0) is 0 Å². The summed E-state index contributed by atoms with van der Waals surface area (Å²) in [4.78, 5) is 0. The molecule has 0 saturated carbocycles. The number of methoxy groups -OCH3 is 2. The topological polar surface area (TPSA) is 44.5 Å². The molecule has 0 radical (unpaired) electrons. The molecule has 0 aliphatic heterocycles. The standard InChI is InChI=1S/C15H15BrClNO2/c1-19-12-4-3-5-13(20-2)14(12)15(18)9-6-7-10(16)11(17)8-9/h3-8,15H,18H2,1-2H3. The SMILES string of the molecule is COc1cccc(OC)c1C(N)c1ccc(Br)c(Cl)c1. The second kappa shape index (κ2) is 6.48. The van der Waals surface area contributed by atoms with E-state index < -0.39 is 0 Å². The van der Waals surface area contributed by atoms with Gasteiger partial charge in [0.1, 0.15) is 11.5 Å². The van der Waals surface area contributed by atoms with Gasteiger partial charge in [0.2, 0.25) is 0 Å². The molecule has 2 N–H and O–H groups in total. The van der Waals surface area contributed by atoms with Gasteiger partial charge in [-0.05, 0) is 45.8 Å². The maximum Gasteiger partial charge on any atom is 0.127 e.